The maximum atomic E-state index is 13.1. The summed E-state index contributed by atoms with van der Waals surface area (Å²) in [6.45, 7) is 2.14. The van der Waals surface area contributed by atoms with Crippen molar-refractivity contribution < 1.29 is 14.4 Å². The van der Waals surface area contributed by atoms with E-state index in [1.807, 2.05) is 29.2 Å². The molecule has 1 saturated carbocycles. The molecule has 4 aliphatic rings. The van der Waals surface area contributed by atoms with Crippen LogP contribution < -0.4 is 5.32 Å². The van der Waals surface area contributed by atoms with Gasteiger partial charge in [-0.25, -0.2) is 0 Å². The number of amides is 2. The Morgan fingerprint density at radius 2 is 1.94 bits per heavy atom. The molecule has 31 heavy (non-hydrogen) atoms. The molecule has 1 N–H and O–H groups in total. The largest absolute Gasteiger partial charge is 0.356 e. The van der Waals surface area contributed by atoms with Crippen molar-refractivity contribution in [1.29, 1.82) is 0 Å². The molecule has 1 aromatic carbocycles. The van der Waals surface area contributed by atoms with Crippen molar-refractivity contribution in [3.63, 3.8) is 0 Å². The van der Waals surface area contributed by atoms with Crippen LogP contribution in [0.4, 0.5) is 0 Å². The highest BCUT2D eigenvalue weighted by Crippen LogP contribution is 2.59. The number of carbonyl (C=O) groups is 3. The maximum absolute atomic E-state index is 13.1. The van der Waals surface area contributed by atoms with Gasteiger partial charge in [0, 0.05) is 37.5 Å². The zero-order chi connectivity index (χ0) is 21.4. The van der Waals surface area contributed by atoms with Gasteiger partial charge in [0.05, 0.1) is 5.92 Å². The highest BCUT2D eigenvalue weighted by atomic mass is 16.2. The first-order valence-electron chi connectivity index (χ1n) is 11.9. The monoisotopic (exact) mass is 420 g/mol. The molecule has 5 rings (SSSR count). The number of carbonyl (C=O) groups excluding carboxylic acids is 3. The molecule has 1 saturated heterocycles. The summed E-state index contributed by atoms with van der Waals surface area (Å²) in [5.74, 6) is 0.136. The molecule has 1 spiro atoms. The Labute approximate surface area is 184 Å². The summed E-state index contributed by atoms with van der Waals surface area (Å²) in [6, 6.07) is 7.51. The third-order valence-corrected chi connectivity index (χ3v) is 8.03. The fraction of sp³-hybridized carbons (Fsp3) is 0.577. The molecule has 3 aliphatic carbocycles. The van der Waals surface area contributed by atoms with Gasteiger partial charge in [-0.1, -0.05) is 35.9 Å². The van der Waals surface area contributed by atoms with Crippen molar-refractivity contribution in [2.75, 3.05) is 19.6 Å². The van der Waals surface area contributed by atoms with Gasteiger partial charge in [0.1, 0.15) is 0 Å². The Kier molecular flexibility index (Phi) is 5.45. The van der Waals surface area contributed by atoms with Crippen molar-refractivity contribution in [2.45, 2.75) is 63.7 Å². The van der Waals surface area contributed by atoms with Gasteiger partial charge in [-0.05, 0) is 62.3 Å². The Morgan fingerprint density at radius 1 is 1.13 bits per heavy atom. The van der Waals surface area contributed by atoms with Crippen molar-refractivity contribution >= 4 is 17.6 Å². The van der Waals surface area contributed by atoms with E-state index in [-0.39, 0.29) is 34.8 Å². The second-order valence-electron chi connectivity index (χ2n) is 9.86. The number of hydrogen-bond acceptors (Lipinski definition) is 3. The lowest BCUT2D eigenvalue weighted by molar-refractivity contribution is -0.134. The van der Waals surface area contributed by atoms with Gasteiger partial charge in [-0.15, -0.1) is 0 Å². The number of piperidine rings is 1. The lowest BCUT2D eigenvalue weighted by Gasteiger charge is -2.34. The SMILES string of the molecule is O=C1CC(C(=O)N2CCC3(CC2)CC3C(=O)NCCC2=CCCCC2)c2ccccc21. The van der Waals surface area contributed by atoms with Gasteiger partial charge in [0.25, 0.3) is 0 Å². The Hall–Kier alpha value is -2.43. The highest BCUT2D eigenvalue weighted by molar-refractivity contribution is 6.06. The summed E-state index contributed by atoms with van der Waals surface area (Å²) >= 11 is 0. The zero-order valence-corrected chi connectivity index (χ0v) is 18.2. The summed E-state index contributed by atoms with van der Waals surface area (Å²) in [4.78, 5) is 40.0. The minimum Gasteiger partial charge on any atom is -0.356 e. The predicted molar refractivity (Wildman–Crippen MR) is 119 cm³/mol. The molecule has 2 atom stereocenters. The number of likely N-dealkylation sites (tertiary alicyclic amines) is 1. The van der Waals surface area contributed by atoms with E-state index in [1.165, 1.54) is 31.3 Å². The number of rotatable bonds is 5. The average Bonchev–Trinajstić information content (AvgIpc) is 3.40. The molecule has 164 valence electrons. The van der Waals surface area contributed by atoms with E-state index in [9.17, 15) is 14.4 Å². The smallest absolute Gasteiger partial charge is 0.230 e. The van der Waals surface area contributed by atoms with Crippen LogP contribution in [-0.4, -0.2) is 42.1 Å². The summed E-state index contributed by atoms with van der Waals surface area (Å²) in [6.07, 6.45) is 11.3. The molecule has 1 aliphatic heterocycles. The van der Waals surface area contributed by atoms with E-state index in [4.69, 9.17) is 0 Å². The van der Waals surface area contributed by atoms with E-state index < -0.39 is 0 Å². The molecule has 1 heterocycles. The lowest BCUT2D eigenvalue weighted by Crippen LogP contribution is -2.42. The molecule has 2 amide bonds. The quantitative estimate of drug-likeness (QED) is 0.733. The van der Waals surface area contributed by atoms with Crippen LogP contribution in [0.2, 0.25) is 0 Å². The number of allylic oxidation sites excluding steroid dienone is 1. The third-order valence-electron chi connectivity index (χ3n) is 8.03. The van der Waals surface area contributed by atoms with Gasteiger partial charge >= 0.3 is 0 Å². The summed E-state index contributed by atoms with van der Waals surface area (Å²) in [5, 5.41) is 3.16. The number of Topliss-reactive ketones (excluding diaryl/α,β-unsaturated/α-hetero) is 1. The third kappa shape index (κ3) is 3.95. The van der Waals surface area contributed by atoms with Gasteiger partial charge in [0.2, 0.25) is 11.8 Å². The number of benzene rings is 1. The van der Waals surface area contributed by atoms with Crippen LogP contribution >= 0.6 is 0 Å². The Balaban J connectivity index is 1.11. The molecule has 1 aromatic rings. The number of nitrogens with zero attached hydrogens (tertiary/aromatic N) is 1. The fourth-order valence-electron chi connectivity index (χ4n) is 5.95. The van der Waals surface area contributed by atoms with Crippen molar-refractivity contribution in [3.8, 4) is 0 Å². The van der Waals surface area contributed by atoms with Crippen LogP contribution in [-0.2, 0) is 9.59 Å². The molecule has 2 fully saturated rings. The normalized spacial score (nSPS) is 26.4. The predicted octanol–water partition coefficient (Wildman–Crippen LogP) is 3.99. The second-order valence-corrected chi connectivity index (χ2v) is 9.86. The van der Waals surface area contributed by atoms with Crippen LogP contribution in [0.5, 0.6) is 0 Å². The molecule has 0 radical (unpaired) electrons. The Bertz CT molecular complexity index is 926. The van der Waals surface area contributed by atoms with Crippen LogP contribution in [0, 0.1) is 11.3 Å². The summed E-state index contributed by atoms with van der Waals surface area (Å²) in [5.41, 5.74) is 3.18. The highest BCUT2D eigenvalue weighted by Gasteiger charge is 2.58. The van der Waals surface area contributed by atoms with Crippen LogP contribution in [0.15, 0.2) is 35.9 Å². The zero-order valence-electron chi connectivity index (χ0n) is 18.2. The first-order valence-corrected chi connectivity index (χ1v) is 11.9. The topological polar surface area (TPSA) is 66.5 Å². The first kappa shape index (κ1) is 20.5. The molecular weight excluding hydrogens is 388 g/mol. The Morgan fingerprint density at radius 3 is 2.71 bits per heavy atom. The van der Waals surface area contributed by atoms with E-state index >= 15 is 0 Å². The van der Waals surface area contributed by atoms with Crippen LogP contribution in [0.25, 0.3) is 0 Å². The summed E-state index contributed by atoms with van der Waals surface area (Å²) < 4.78 is 0. The van der Waals surface area contributed by atoms with Gasteiger partial charge in [0.15, 0.2) is 5.78 Å². The fourth-order valence-corrected chi connectivity index (χ4v) is 5.95. The minimum absolute atomic E-state index is 0.0744. The van der Waals surface area contributed by atoms with Gasteiger partial charge in [-0.2, -0.15) is 0 Å². The van der Waals surface area contributed by atoms with Gasteiger partial charge in [-0.3, -0.25) is 14.4 Å². The summed E-state index contributed by atoms with van der Waals surface area (Å²) in [7, 11) is 0. The van der Waals surface area contributed by atoms with Crippen molar-refractivity contribution in [3.05, 3.63) is 47.0 Å². The van der Waals surface area contributed by atoms with Crippen LogP contribution in [0.1, 0.15) is 79.6 Å². The van der Waals surface area contributed by atoms with Crippen molar-refractivity contribution in [1.82, 2.24) is 10.2 Å². The standard InChI is InChI=1S/C26H32N2O3/c29-23-16-21(19-8-4-5-9-20(19)23)25(31)28-14-11-26(12-15-28)17-22(26)24(30)27-13-10-18-6-2-1-3-7-18/h4-6,8-9,21-22H,1-3,7,10-17H2,(H,27,30). The molecule has 5 heteroatoms. The molecule has 0 bridgehead atoms. The number of nitrogens with one attached hydrogen (secondary N) is 1. The minimum atomic E-state index is -0.329. The molecule has 5 nitrogen and oxygen atoms in total. The number of ketones is 1. The van der Waals surface area contributed by atoms with Crippen LogP contribution in [0.3, 0.4) is 0 Å². The average molecular weight is 421 g/mol. The second kappa shape index (κ2) is 8.25. The van der Waals surface area contributed by atoms with E-state index in [0.717, 1.165) is 37.8 Å². The maximum Gasteiger partial charge on any atom is 0.230 e. The number of fused-ring (bicyclic) bond motifs is 1. The number of hydrogen-bond donors (Lipinski definition) is 1. The molecule has 0 aromatic heterocycles. The van der Waals surface area contributed by atoms with E-state index in [2.05, 4.69) is 11.4 Å². The lowest BCUT2D eigenvalue weighted by atomic mass is 9.89. The van der Waals surface area contributed by atoms with E-state index in [0.29, 0.717) is 25.1 Å². The molecule has 2 unspecified atom stereocenters. The first-order chi connectivity index (χ1) is 15.1. The van der Waals surface area contributed by atoms with E-state index in [1.54, 1.807) is 0 Å². The molecular formula is C26H32N2O3. The van der Waals surface area contributed by atoms with Gasteiger partial charge < -0.3 is 10.2 Å². The van der Waals surface area contributed by atoms with Crippen molar-refractivity contribution in [2.24, 2.45) is 11.3 Å².